The van der Waals surface area contributed by atoms with Gasteiger partial charge in [0.15, 0.2) is 11.5 Å². The van der Waals surface area contributed by atoms with Crippen molar-refractivity contribution in [3.63, 3.8) is 0 Å². The van der Waals surface area contributed by atoms with Crippen LogP contribution in [0, 0.1) is 0 Å². The second-order valence-electron chi connectivity index (χ2n) is 7.11. The van der Waals surface area contributed by atoms with Crippen molar-refractivity contribution in [2.45, 2.75) is 39.7 Å². The number of hydrogen-bond acceptors (Lipinski definition) is 5. The van der Waals surface area contributed by atoms with Gasteiger partial charge in [-0.1, -0.05) is 25.1 Å². The minimum absolute atomic E-state index is 0.0250. The number of H-pyrrole nitrogens is 1. The van der Waals surface area contributed by atoms with E-state index in [0.29, 0.717) is 41.0 Å². The molecular formula is C24H27N3O4. The van der Waals surface area contributed by atoms with Gasteiger partial charge in [-0.2, -0.15) is 5.10 Å². The summed E-state index contributed by atoms with van der Waals surface area (Å²) in [6, 6.07) is 10.5. The van der Waals surface area contributed by atoms with Crippen LogP contribution in [0.4, 0.5) is 0 Å². The summed E-state index contributed by atoms with van der Waals surface area (Å²) in [6.07, 6.45) is 4.71. The SMILES string of the molecule is C=CCc1cc(C=Nn2c(=O)[nH]c3ccccc3c2=O)cc(OCC)c1O[C@H](C)CC. The van der Waals surface area contributed by atoms with Crippen LogP contribution in [-0.2, 0) is 6.42 Å². The van der Waals surface area contributed by atoms with E-state index in [9.17, 15) is 9.59 Å². The number of nitrogens with one attached hydrogen (secondary N) is 1. The number of para-hydroxylation sites is 1. The third-order valence-corrected chi connectivity index (χ3v) is 4.82. The van der Waals surface area contributed by atoms with Gasteiger partial charge in [0.2, 0.25) is 0 Å². The normalized spacial score (nSPS) is 12.2. The van der Waals surface area contributed by atoms with E-state index in [1.54, 1.807) is 36.4 Å². The molecule has 2 aromatic carbocycles. The van der Waals surface area contributed by atoms with Crippen molar-refractivity contribution in [3.8, 4) is 11.5 Å². The van der Waals surface area contributed by atoms with Crippen molar-refractivity contribution >= 4 is 17.1 Å². The summed E-state index contributed by atoms with van der Waals surface area (Å²) in [6.45, 7) is 10.2. The molecule has 1 aromatic heterocycles. The molecule has 0 aliphatic rings. The number of allylic oxidation sites excluding steroid dienone is 1. The maximum absolute atomic E-state index is 12.7. The van der Waals surface area contributed by atoms with Gasteiger partial charge < -0.3 is 14.5 Å². The second kappa shape index (κ2) is 9.93. The predicted molar refractivity (Wildman–Crippen MR) is 124 cm³/mol. The fraction of sp³-hybridized carbons (Fsp3) is 0.292. The highest BCUT2D eigenvalue weighted by Crippen LogP contribution is 2.34. The second-order valence-corrected chi connectivity index (χ2v) is 7.11. The molecule has 0 aliphatic carbocycles. The van der Waals surface area contributed by atoms with E-state index < -0.39 is 11.2 Å². The predicted octanol–water partition coefficient (Wildman–Crippen LogP) is 3.88. The smallest absolute Gasteiger partial charge is 0.349 e. The van der Waals surface area contributed by atoms with Crippen LogP contribution in [0.15, 0.2) is 63.7 Å². The summed E-state index contributed by atoms with van der Waals surface area (Å²) in [7, 11) is 0. The topological polar surface area (TPSA) is 85.7 Å². The number of aromatic nitrogens is 2. The molecule has 7 nitrogen and oxygen atoms in total. The van der Waals surface area contributed by atoms with Crippen LogP contribution in [0.3, 0.4) is 0 Å². The van der Waals surface area contributed by atoms with Crippen molar-refractivity contribution < 1.29 is 9.47 Å². The zero-order valence-corrected chi connectivity index (χ0v) is 18.1. The van der Waals surface area contributed by atoms with E-state index in [1.165, 1.54) is 6.21 Å². The third kappa shape index (κ3) is 4.94. The number of fused-ring (bicyclic) bond motifs is 1. The lowest BCUT2D eigenvalue weighted by atomic mass is 10.1. The fourth-order valence-electron chi connectivity index (χ4n) is 3.13. The fourth-order valence-corrected chi connectivity index (χ4v) is 3.13. The molecule has 0 aliphatic heterocycles. The van der Waals surface area contributed by atoms with Gasteiger partial charge in [0.25, 0.3) is 5.56 Å². The molecule has 31 heavy (non-hydrogen) atoms. The van der Waals surface area contributed by atoms with Gasteiger partial charge in [-0.3, -0.25) is 4.79 Å². The Kier molecular flexibility index (Phi) is 7.07. The summed E-state index contributed by atoms with van der Waals surface area (Å²) in [5.41, 5.74) is 0.956. The van der Waals surface area contributed by atoms with E-state index in [1.807, 2.05) is 19.9 Å². The number of ether oxygens (including phenoxy) is 2. The summed E-state index contributed by atoms with van der Waals surface area (Å²) < 4.78 is 12.7. The Labute approximate surface area is 180 Å². The van der Waals surface area contributed by atoms with Gasteiger partial charge >= 0.3 is 5.69 Å². The van der Waals surface area contributed by atoms with Crippen molar-refractivity contribution in [2.75, 3.05) is 6.61 Å². The molecule has 0 saturated heterocycles. The average Bonchev–Trinajstić information content (AvgIpc) is 2.76. The third-order valence-electron chi connectivity index (χ3n) is 4.82. The first-order valence-electron chi connectivity index (χ1n) is 10.3. The van der Waals surface area contributed by atoms with Gasteiger partial charge in [0, 0.05) is 5.56 Å². The minimum Gasteiger partial charge on any atom is -0.490 e. The molecule has 0 amide bonds. The number of hydrogen-bond donors (Lipinski definition) is 1. The summed E-state index contributed by atoms with van der Waals surface area (Å²) >= 11 is 0. The van der Waals surface area contributed by atoms with Crippen molar-refractivity contribution in [3.05, 3.63) is 81.0 Å². The maximum atomic E-state index is 12.7. The van der Waals surface area contributed by atoms with E-state index in [-0.39, 0.29) is 6.10 Å². The molecule has 3 aromatic rings. The zero-order valence-electron chi connectivity index (χ0n) is 18.1. The van der Waals surface area contributed by atoms with Gasteiger partial charge in [0.1, 0.15) is 0 Å². The monoisotopic (exact) mass is 421 g/mol. The van der Waals surface area contributed by atoms with Crippen molar-refractivity contribution in [2.24, 2.45) is 5.10 Å². The first kappa shape index (κ1) is 22.1. The Balaban J connectivity index is 2.08. The summed E-state index contributed by atoms with van der Waals surface area (Å²) in [4.78, 5) is 27.7. The van der Waals surface area contributed by atoms with E-state index in [2.05, 4.69) is 23.6 Å². The molecule has 0 unspecified atom stereocenters. The van der Waals surface area contributed by atoms with Crippen LogP contribution in [0.25, 0.3) is 10.9 Å². The minimum atomic E-state index is -0.604. The molecule has 0 spiro atoms. The number of aromatic amines is 1. The van der Waals surface area contributed by atoms with Crippen molar-refractivity contribution in [1.29, 1.82) is 0 Å². The van der Waals surface area contributed by atoms with Crippen LogP contribution >= 0.6 is 0 Å². The Bertz CT molecular complexity index is 1220. The molecule has 0 bridgehead atoms. The molecule has 0 radical (unpaired) electrons. The van der Waals surface area contributed by atoms with Crippen molar-refractivity contribution in [1.82, 2.24) is 9.66 Å². The van der Waals surface area contributed by atoms with Crippen LogP contribution in [0.1, 0.15) is 38.3 Å². The molecule has 7 heteroatoms. The molecule has 1 atom stereocenters. The summed E-state index contributed by atoms with van der Waals surface area (Å²) in [5.74, 6) is 1.26. The lowest BCUT2D eigenvalue weighted by Crippen LogP contribution is -2.32. The standard InChI is InChI=1S/C24H27N3O4/c1-5-10-18-13-17(14-21(30-7-3)22(18)31-16(4)6-2)15-25-27-23(28)19-11-8-9-12-20(19)26-24(27)29/h5,8-9,11-16H,1,6-7,10H2,2-4H3,(H,26,29)/t16-/m1/s1. The largest absolute Gasteiger partial charge is 0.490 e. The quantitative estimate of drug-likeness (QED) is 0.420. The first-order valence-corrected chi connectivity index (χ1v) is 10.3. The lowest BCUT2D eigenvalue weighted by molar-refractivity contribution is 0.201. The van der Waals surface area contributed by atoms with Gasteiger partial charge in [-0.25, -0.2) is 4.79 Å². The van der Waals surface area contributed by atoms with E-state index in [4.69, 9.17) is 9.47 Å². The highest BCUT2D eigenvalue weighted by molar-refractivity contribution is 5.82. The molecular weight excluding hydrogens is 394 g/mol. The molecule has 1 N–H and O–H groups in total. The molecule has 162 valence electrons. The van der Waals surface area contributed by atoms with Gasteiger partial charge in [-0.15, -0.1) is 11.3 Å². The maximum Gasteiger partial charge on any atom is 0.349 e. The van der Waals surface area contributed by atoms with Crippen LogP contribution in [0.2, 0.25) is 0 Å². The number of rotatable bonds is 9. The Morgan fingerprint density at radius 2 is 2.00 bits per heavy atom. The molecule has 1 heterocycles. The molecule has 0 fully saturated rings. The Hall–Kier alpha value is -3.61. The van der Waals surface area contributed by atoms with Gasteiger partial charge in [-0.05, 0) is 56.5 Å². The van der Waals surface area contributed by atoms with E-state index >= 15 is 0 Å². The average molecular weight is 421 g/mol. The van der Waals surface area contributed by atoms with Crippen LogP contribution < -0.4 is 20.7 Å². The van der Waals surface area contributed by atoms with Crippen LogP contribution in [0.5, 0.6) is 11.5 Å². The van der Waals surface area contributed by atoms with Crippen LogP contribution in [-0.4, -0.2) is 28.6 Å². The Morgan fingerprint density at radius 3 is 2.71 bits per heavy atom. The highest BCUT2D eigenvalue weighted by Gasteiger charge is 2.15. The zero-order chi connectivity index (χ0) is 22.4. The number of nitrogens with zero attached hydrogens (tertiary/aromatic N) is 2. The first-order chi connectivity index (χ1) is 15.0. The highest BCUT2D eigenvalue weighted by atomic mass is 16.5. The number of benzene rings is 2. The van der Waals surface area contributed by atoms with Gasteiger partial charge in [0.05, 0.1) is 29.8 Å². The van der Waals surface area contributed by atoms with E-state index in [0.717, 1.165) is 16.7 Å². The molecule has 3 rings (SSSR count). The molecule has 0 saturated carbocycles. The Morgan fingerprint density at radius 1 is 1.23 bits per heavy atom. The lowest BCUT2D eigenvalue weighted by Gasteiger charge is -2.20. The summed E-state index contributed by atoms with van der Waals surface area (Å²) in [5, 5.41) is 4.54.